The van der Waals surface area contributed by atoms with E-state index in [0.29, 0.717) is 5.13 Å². The lowest BCUT2D eigenvalue weighted by Crippen LogP contribution is -2.37. The van der Waals surface area contributed by atoms with Crippen LogP contribution in [0.3, 0.4) is 0 Å². The molecule has 1 fully saturated rings. The molecule has 104 valence electrons. The van der Waals surface area contributed by atoms with E-state index >= 15 is 0 Å². The van der Waals surface area contributed by atoms with E-state index in [-0.39, 0.29) is 5.91 Å². The lowest BCUT2D eigenvalue weighted by molar-refractivity contribution is -0.118. The zero-order valence-corrected chi connectivity index (χ0v) is 13.1. The number of carbonyl (C=O) groups is 1. The molecule has 1 amide bonds. The molecule has 6 heteroatoms. The molecule has 3 rings (SSSR count). The molecule has 0 unspecified atom stereocenters. The molecule has 2 aromatic rings. The van der Waals surface area contributed by atoms with Crippen molar-refractivity contribution in [3.63, 3.8) is 0 Å². The van der Waals surface area contributed by atoms with Crippen LogP contribution in [0.15, 0.2) is 34.9 Å². The number of nitrogens with two attached hydrogens (primary N) is 1. The van der Waals surface area contributed by atoms with Crippen molar-refractivity contribution in [3.8, 4) is 0 Å². The molecule has 1 aliphatic carbocycles. The molecule has 0 atom stereocenters. The molecule has 20 heavy (non-hydrogen) atoms. The van der Waals surface area contributed by atoms with Gasteiger partial charge in [-0.25, -0.2) is 4.98 Å². The Balaban J connectivity index is 1.64. The molecule has 0 aliphatic heterocycles. The number of rotatable bonds is 4. The predicted octanol–water partition coefficient (Wildman–Crippen LogP) is 2.93. The average molecular weight is 352 g/mol. The van der Waals surface area contributed by atoms with Gasteiger partial charge in [-0.15, -0.1) is 11.3 Å². The van der Waals surface area contributed by atoms with E-state index in [1.165, 1.54) is 16.9 Å². The van der Waals surface area contributed by atoms with Crippen molar-refractivity contribution in [2.45, 2.75) is 24.8 Å². The summed E-state index contributed by atoms with van der Waals surface area (Å²) in [6, 6.07) is 8.18. The quantitative estimate of drug-likeness (QED) is 0.889. The SMILES string of the molecule is NC1(C(=O)Nc2ncc(Cc3ccc(Br)cc3)s2)CC1. The van der Waals surface area contributed by atoms with Crippen molar-refractivity contribution in [1.29, 1.82) is 0 Å². The average Bonchev–Trinajstić information content (AvgIpc) is 3.03. The molecule has 3 N–H and O–H groups in total. The van der Waals surface area contributed by atoms with Crippen LogP contribution in [0.2, 0.25) is 0 Å². The van der Waals surface area contributed by atoms with Gasteiger partial charge in [0, 0.05) is 22.0 Å². The molecule has 4 nitrogen and oxygen atoms in total. The van der Waals surface area contributed by atoms with Crippen molar-refractivity contribution < 1.29 is 4.79 Å². The molecule has 1 aromatic carbocycles. The number of anilines is 1. The Kier molecular flexibility index (Phi) is 3.62. The highest BCUT2D eigenvalue weighted by atomic mass is 79.9. The Bertz CT molecular complexity index is 634. The summed E-state index contributed by atoms with van der Waals surface area (Å²) in [5.74, 6) is -0.123. The van der Waals surface area contributed by atoms with Gasteiger partial charge >= 0.3 is 0 Å². The zero-order valence-electron chi connectivity index (χ0n) is 10.7. The molecular formula is C14H14BrN3OS. The highest BCUT2D eigenvalue weighted by Gasteiger charge is 2.46. The minimum Gasteiger partial charge on any atom is -0.317 e. The molecule has 1 aromatic heterocycles. The van der Waals surface area contributed by atoms with E-state index in [9.17, 15) is 4.79 Å². The standard InChI is InChI=1S/C14H14BrN3OS/c15-10-3-1-9(2-4-10)7-11-8-17-13(20-11)18-12(19)14(16)5-6-14/h1-4,8H,5-7,16H2,(H,17,18,19). The molecular weight excluding hydrogens is 338 g/mol. The second kappa shape index (κ2) is 5.27. The van der Waals surface area contributed by atoms with E-state index in [2.05, 4.69) is 38.4 Å². The first-order valence-electron chi connectivity index (χ1n) is 6.35. The summed E-state index contributed by atoms with van der Waals surface area (Å²) in [6.07, 6.45) is 4.14. The van der Waals surface area contributed by atoms with Crippen LogP contribution < -0.4 is 11.1 Å². The fourth-order valence-electron chi connectivity index (χ4n) is 1.83. The minimum atomic E-state index is -0.655. The first-order valence-corrected chi connectivity index (χ1v) is 7.96. The molecule has 1 aliphatic rings. The summed E-state index contributed by atoms with van der Waals surface area (Å²) in [5, 5.41) is 3.42. The fourth-order valence-corrected chi connectivity index (χ4v) is 2.94. The number of hydrogen-bond acceptors (Lipinski definition) is 4. The van der Waals surface area contributed by atoms with Crippen LogP contribution in [0.25, 0.3) is 0 Å². The van der Waals surface area contributed by atoms with Crippen LogP contribution in [0.5, 0.6) is 0 Å². The van der Waals surface area contributed by atoms with Crippen LogP contribution >= 0.6 is 27.3 Å². The lowest BCUT2D eigenvalue weighted by Gasteiger charge is -2.06. The molecule has 0 radical (unpaired) electrons. The van der Waals surface area contributed by atoms with Crippen LogP contribution in [0.4, 0.5) is 5.13 Å². The third kappa shape index (κ3) is 3.08. The highest BCUT2D eigenvalue weighted by Crippen LogP contribution is 2.34. The van der Waals surface area contributed by atoms with E-state index in [4.69, 9.17) is 5.73 Å². The summed E-state index contributed by atoms with van der Waals surface area (Å²) in [7, 11) is 0. The predicted molar refractivity (Wildman–Crippen MR) is 83.8 cm³/mol. The molecule has 0 spiro atoms. The number of carbonyl (C=O) groups excluding carboxylic acids is 1. The molecule has 1 saturated carbocycles. The topological polar surface area (TPSA) is 68.0 Å². The number of amides is 1. The van der Waals surface area contributed by atoms with Crippen molar-refractivity contribution in [2.75, 3.05) is 5.32 Å². The third-order valence-electron chi connectivity index (χ3n) is 3.31. The molecule has 0 saturated heterocycles. The van der Waals surface area contributed by atoms with Gasteiger partial charge < -0.3 is 11.1 Å². The summed E-state index contributed by atoms with van der Waals surface area (Å²) >= 11 is 4.91. The highest BCUT2D eigenvalue weighted by molar-refractivity contribution is 9.10. The van der Waals surface area contributed by atoms with Gasteiger partial charge in [-0.2, -0.15) is 0 Å². The Hall–Kier alpha value is -1.24. The largest absolute Gasteiger partial charge is 0.317 e. The van der Waals surface area contributed by atoms with Crippen LogP contribution in [-0.4, -0.2) is 16.4 Å². The van der Waals surface area contributed by atoms with E-state index in [1.54, 1.807) is 6.20 Å². The van der Waals surface area contributed by atoms with E-state index in [0.717, 1.165) is 28.6 Å². The maximum Gasteiger partial charge on any atom is 0.246 e. The Morgan fingerprint density at radius 3 is 2.75 bits per heavy atom. The van der Waals surface area contributed by atoms with Gasteiger partial charge in [-0.3, -0.25) is 4.79 Å². The Morgan fingerprint density at radius 1 is 1.40 bits per heavy atom. The van der Waals surface area contributed by atoms with Crippen LogP contribution in [-0.2, 0) is 11.2 Å². The van der Waals surface area contributed by atoms with Crippen LogP contribution in [0, 0.1) is 0 Å². The summed E-state index contributed by atoms with van der Waals surface area (Å²) in [4.78, 5) is 17.2. The van der Waals surface area contributed by atoms with Gasteiger partial charge in [0.05, 0.1) is 5.54 Å². The van der Waals surface area contributed by atoms with Gasteiger partial charge in [0.1, 0.15) is 0 Å². The number of thiazole rings is 1. The first kappa shape index (κ1) is 13.7. The lowest BCUT2D eigenvalue weighted by atomic mass is 10.1. The number of halogens is 1. The summed E-state index contributed by atoms with van der Waals surface area (Å²) in [6.45, 7) is 0. The first-order chi connectivity index (χ1) is 9.55. The number of nitrogens with one attached hydrogen (secondary N) is 1. The van der Waals surface area contributed by atoms with Gasteiger partial charge in [0.25, 0.3) is 0 Å². The maximum atomic E-state index is 11.8. The second-order valence-electron chi connectivity index (χ2n) is 5.05. The third-order valence-corrected chi connectivity index (χ3v) is 4.75. The van der Waals surface area contributed by atoms with Gasteiger partial charge in [-0.1, -0.05) is 28.1 Å². The number of nitrogens with zero attached hydrogens (tertiary/aromatic N) is 1. The van der Waals surface area contributed by atoms with Crippen molar-refractivity contribution in [1.82, 2.24) is 4.98 Å². The molecule has 0 bridgehead atoms. The van der Waals surface area contributed by atoms with Gasteiger partial charge in [0.15, 0.2) is 5.13 Å². The second-order valence-corrected chi connectivity index (χ2v) is 7.08. The van der Waals surface area contributed by atoms with Crippen molar-refractivity contribution in [2.24, 2.45) is 5.73 Å². The monoisotopic (exact) mass is 351 g/mol. The molecule has 1 heterocycles. The smallest absolute Gasteiger partial charge is 0.246 e. The Labute approximate surface area is 129 Å². The zero-order chi connectivity index (χ0) is 14.2. The van der Waals surface area contributed by atoms with Gasteiger partial charge in [0.2, 0.25) is 5.91 Å². The summed E-state index contributed by atoms with van der Waals surface area (Å²) in [5.41, 5.74) is 6.40. The van der Waals surface area contributed by atoms with Crippen molar-refractivity contribution >= 4 is 38.3 Å². The maximum absolute atomic E-state index is 11.8. The number of hydrogen-bond donors (Lipinski definition) is 2. The van der Waals surface area contributed by atoms with Crippen molar-refractivity contribution in [3.05, 3.63) is 45.4 Å². The normalized spacial score (nSPS) is 15.9. The number of benzene rings is 1. The number of aromatic nitrogens is 1. The van der Waals surface area contributed by atoms with Crippen LogP contribution in [0.1, 0.15) is 23.3 Å². The minimum absolute atomic E-state index is 0.123. The Morgan fingerprint density at radius 2 is 2.10 bits per heavy atom. The summed E-state index contributed by atoms with van der Waals surface area (Å²) < 4.78 is 1.07. The van der Waals surface area contributed by atoms with E-state index < -0.39 is 5.54 Å². The van der Waals surface area contributed by atoms with E-state index in [1.807, 2.05) is 12.1 Å². The fraction of sp³-hybridized carbons (Fsp3) is 0.286. The van der Waals surface area contributed by atoms with Gasteiger partial charge in [-0.05, 0) is 30.5 Å².